The van der Waals surface area contributed by atoms with Crippen molar-refractivity contribution in [2.75, 3.05) is 13.2 Å². The van der Waals surface area contributed by atoms with Crippen LogP contribution in [0.4, 0.5) is 0 Å². The molecule has 0 bridgehead atoms. The smallest absolute Gasteiger partial charge is 0.0576 e. The molecule has 0 aromatic heterocycles. The van der Waals surface area contributed by atoms with Gasteiger partial charge in [0.15, 0.2) is 0 Å². The second-order valence-electron chi connectivity index (χ2n) is 6.62. The predicted octanol–water partition coefficient (Wildman–Crippen LogP) is 4.14. The van der Waals surface area contributed by atoms with E-state index in [9.17, 15) is 0 Å². The lowest BCUT2D eigenvalue weighted by molar-refractivity contribution is 0.0971. The highest BCUT2D eigenvalue weighted by Gasteiger charge is 2.24. The van der Waals surface area contributed by atoms with Gasteiger partial charge in [-0.3, -0.25) is 0 Å². The number of hydrogen-bond donors (Lipinski definition) is 1. The first-order chi connectivity index (χ1) is 8.56. The molecule has 0 aliphatic carbocycles. The van der Waals surface area contributed by atoms with Crippen molar-refractivity contribution in [1.82, 2.24) is 5.32 Å². The molecule has 0 saturated carbocycles. The molecular formula is C16H33NO. The van der Waals surface area contributed by atoms with Crippen LogP contribution in [-0.2, 0) is 4.74 Å². The van der Waals surface area contributed by atoms with E-state index in [2.05, 4.69) is 33.0 Å². The molecular weight excluding hydrogens is 222 g/mol. The Morgan fingerprint density at radius 3 is 2.67 bits per heavy atom. The molecule has 2 unspecified atom stereocenters. The van der Waals surface area contributed by atoms with Crippen molar-refractivity contribution in [1.29, 1.82) is 0 Å². The van der Waals surface area contributed by atoms with Crippen LogP contribution in [0, 0.1) is 5.41 Å². The second kappa shape index (κ2) is 8.16. The molecule has 0 amide bonds. The van der Waals surface area contributed by atoms with Crippen molar-refractivity contribution in [3.63, 3.8) is 0 Å². The van der Waals surface area contributed by atoms with E-state index < -0.39 is 0 Å². The summed E-state index contributed by atoms with van der Waals surface area (Å²) >= 11 is 0. The number of nitrogens with one attached hydrogen (secondary N) is 1. The molecule has 0 radical (unpaired) electrons. The third kappa shape index (κ3) is 6.19. The van der Waals surface area contributed by atoms with Crippen molar-refractivity contribution in [3.8, 4) is 0 Å². The van der Waals surface area contributed by atoms with Gasteiger partial charge < -0.3 is 10.1 Å². The molecule has 1 fully saturated rings. The minimum atomic E-state index is 0.470. The van der Waals surface area contributed by atoms with Crippen LogP contribution in [-0.4, -0.2) is 25.3 Å². The maximum atomic E-state index is 5.71. The number of ether oxygens (including phenoxy) is 1. The predicted molar refractivity (Wildman–Crippen MR) is 79.0 cm³/mol. The van der Waals surface area contributed by atoms with E-state index in [0.717, 1.165) is 13.2 Å². The van der Waals surface area contributed by atoms with Gasteiger partial charge in [0.05, 0.1) is 6.10 Å². The number of hydrogen-bond acceptors (Lipinski definition) is 2. The van der Waals surface area contributed by atoms with E-state index in [1.807, 2.05) is 0 Å². The van der Waals surface area contributed by atoms with Crippen LogP contribution >= 0.6 is 0 Å². The van der Waals surface area contributed by atoms with E-state index in [4.69, 9.17) is 4.74 Å². The van der Waals surface area contributed by atoms with Gasteiger partial charge >= 0.3 is 0 Å². The van der Waals surface area contributed by atoms with Crippen LogP contribution in [0.3, 0.4) is 0 Å². The molecule has 0 aromatic rings. The van der Waals surface area contributed by atoms with Crippen LogP contribution in [0.15, 0.2) is 0 Å². The minimum absolute atomic E-state index is 0.470. The van der Waals surface area contributed by atoms with Crippen molar-refractivity contribution >= 4 is 0 Å². The Kier molecular flexibility index (Phi) is 7.25. The van der Waals surface area contributed by atoms with Gasteiger partial charge in [-0.25, -0.2) is 0 Å². The first-order valence-electron chi connectivity index (χ1n) is 7.91. The van der Waals surface area contributed by atoms with Crippen LogP contribution in [0.2, 0.25) is 0 Å². The standard InChI is InChI=1S/C16H33NO/c1-5-10-16(4,13-17-14(2)3)11-6-8-15-9-7-12-18-15/h14-15,17H,5-13H2,1-4H3. The second-order valence-corrected chi connectivity index (χ2v) is 6.62. The maximum absolute atomic E-state index is 5.71. The third-order valence-electron chi connectivity index (χ3n) is 4.12. The Balaban J connectivity index is 2.26. The highest BCUT2D eigenvalue weighted by Crippen LogP contribution is 2.30. The molecule has 2 nitrogen and oxygen atoms in total. The fourth-order valence-corrected chi connectivity index (χ4v) is 2.98. The van der Waals surface area contributed by atoms with Crippen molar-refractivity contribution in [2.24, 2.45) is 5.41 Å². The summed E-state index contributed by atoms with van der Waals surface area (Å²) in [5.74, 6) is 0. The third-order valence-corrected chi connectivity index (χ3v) is 4.12. The highest BCUT2D eigenvalue weighted by molar-refractivity contribution is 4.78. The van der Waals surface area contributed by atoms with E-state index in [-0.39, 0.29) is 0 Å². The molecule has 1 heterocycles. The first-order valence-corrected chi connectivity index (χ1v) is 7.91. The van der Waals surface area contributed by atoms with Gasteiger partial charge in [-0.05, 0) is 37.5 Å². The Hall–Kier alpha value is -0.0800. The average molecular weight is 255 g/mol. The Bertz CT molecular complexity index is 211. The van der Waals surface area contributed by atoms with E-state index in [1.165, 1.54) is 44.9 Å². The summed E-state index contributed by atoms with van der Waals surface area (Å²) in [4.78, 5) is 0. The molecule has 0 aromatic carbocycles. The van der Waals surface area contributed by atoms with Crippen LogP contribution in [0.25, 0.3) is 0 Å². The molecule has 18 heavy (non-hydrogen) atoms. The SMILES string of the molecule is CCCC(C)(CCCC1CCCO1)CNC(C)C. The zero-order valence-electron chi connectivity index (χ0n) is 12.9. The monoisotopic (exact) mass is 255 g/mol. The summed E-state index contributed by atoms with van der Waals surface area (Å²) in [6.07, 6.45) is 9.66. The van der Waals surface area contributed by atoms with Crippen molar-refractivity contribution in [3.05, 3.63) is 0 Å². The van der Waals surface area contributed by atoms with Crippen molar-refractivity contribution < 1.29 is 4.74 Å². The molecule has 1 saturated heterocycles. The normalized spacial score (nSPS) is 23.5. The van der Waals surface area contributed by atoms with Gasteiger partial charge in [0.25, 0.3) is 0 Å². The molecule has 1 aliphatic heterocycles. The van der Waals surface area contributed by atoms with Gasteiger partial charge in [-0.2, -0.15) is 0 Å². The van der Waals surface area contributed by atoms with Gasteiger partial charge in [-0.1, -0.05) is 40.5 Å². The molecule has 1 N–H and O–H groups in total. The Morgan fingerprint density at radius 2 is 2.11 bits per heavy atom. The maximum Gasteiger partial charge on any atom is 0.0576 e. The quantitative estimate of drug-likeness (QED) is 0.668. The lowest BCUT2D eigenvalue weighted by atomic mass is 9.80. The summed E-state index contributed by atoms with van der Waals surface area (Å²) < 4.78 is 5.71. The van der Waals surface area contributed by atoms with Gasteiger partial charge in [0.2, 0.25) is 0 Å². The Morgan fingerprint density at radius 1 is 1.33 bits per heavy atom. The fraction of sp³-hybridized carbons (Fsp3) is 1.00. The van der Waals surface area contributed by atoms with Crippen LogP contribution in [0.5, 0.6) is 0 Å². The molecule has 0 spiro atoms. The molecule has 2 heteroatoms. The van der Waals surface area contributed by atoms with E-state index in [0.29, 0.717) is 17.6 Å². The lowest BCUT2D eigenvalue weighted by Crippen LogP contribution is -2.35. The number of rotatable bonds is 9. The summed E-state index contributed by atoms with van der Waals surface area (Å²) in [5.41, 5.74) is 0.470. The lowest BCUT2D eigenvalue weighted by Gasteiger charge is -2.31. The minimum Gasteiger partial charge on any atom is -0.378 e. The molecule has 1 aliphatic rings. The molecule has 1 rings (SSSR count). The van der Waals surface area contributed by atoms with Gasteiger partial charge in [0, 0.05) is 19.2 Å². The summed E-state index contributed by atoms with van der Waals surface area (Å²) in [5, 5.41) is 3.62. The summed E-state index contributed by atoms with van der Waals surface area (Å²) in [6, 6.07) is 0.597. The van der Waals surface area contributed by atoms with Gasteiger partial charge in [0.1, 0.15) is 0 Å². The topological polar surface area (TPSA) is 21.3 Å². The largest absolute Gasteiger partial charge is 0.378 e. The summed E-state index contributed by atoms with van der Waals surface area (Å²) in [7, 11) is 0. The average Bonchev–Trinajstić information content (AvgIpc) is 2.80. The van der Waals surface area contributed by atoms with Crippen LogP contribution in [0.1, 0.15) is 72.6 Å². The van der Waals surface area contributed by atoms with E-state index in [1.54, 1.807) is 0 Å². The highest BCUT2D eigenvalue weighted by atomic mass is 16.5. The van der Waals surface area contributed by atoms with Crippen molar-refractivity contribution in [2.45, 2.75) is 84.8 Å². The molecule has 2 atom stereocenters. The fourth-order valence-electron chi connectivity index (χ4n) is 2.98. The van der Waals surface area contributed by atoms with E-state index >= 15 is 0 Å². The van der Waals surface area contributed by atoms with Gasteiger partial charge in [-0.15, -0.1) is 0 Å². The summed E-state index contributed by atoms with van der Waals surface area (Å²) in [6.45, 7) is 11.4. The zero-order valence-corrected chi connectivity index (χ0v) is 12.9. The Labute approximate surface area is 114 Å². The van der Waals surface area contributed by atoms with Crippen LogP contribution < -0.4 is 5.32 Å². The molecule has 108 valence electrons. The zero-order chi connectivity index (χ0) is 13.4. The first kappa shape index (κ1) is 16.0.